The van der Waals surface area contributed by atoms with Crippen LogP contribution < -0.4 is 0 Å². The van der Waals surface area contributed by atoms with Crippen LogP contribution in [0.25, 0.3) is 5.57 Å². The van der Waals surface area contributed by atoms with Crippen LogP contribution in [0.15, 0.2) is 78.9 Å². The third-order valence-electron chi connectivity index (χ3n) is 3.14. The summed E-state index contributed by atoms with van der Waals surface area (Å²) in [6.07, 6.45) is 0.833. The molecule has 2 aromatic carbocycles. The van der Waals surface area contributed by atoms with Gasteiger partial charge >= 0.3 is 11.9 Å². The van der Waals surface area contributed by atoms with Crippen LogP contribution in [0.4, 0.5) is 0 Å². The fourth-order valence-corrected chi connectivity index (χ4v) is 2.07. The molecule has 1 N–H and O–H groups in total. The predicted molar refractivity (Wildman–Crippen MR) is 99.0 cm³/mol. The fourth-order valence-electron chi connectivity index (χ4n) is 2.07. The molecular formula is C21H19NO4. The molecule has 0 atom stereocenters. The van der Waals surface area contributed by atoms with Crippen LogP contribution in [-0.2, 0) is 14.3 Å². The number of esters is 1. The third-order valence-corrected chi connectivity index (χ3v) is 3.14. The van der Waals surface area contributed by atoms with E-state index in [1.54, 1.807) is 6.92 Å². The van der Waals surface area contributed by atoms with E-state index in [4.69, 9.17) is 9.84 Å². The summed E-state index contributed by atoms with van der Waals surface area (Å²) in [5.41, 5.74) is 2.24. The molecule has 0 amide bonds. The van der Waals surface area contributed by atoms with Gasteiger partial charge in [-0.25, -0.2) is 9.59 Å². The van der Waals surface area contributed by atoms with E-state index in [2.05, 4.69) is 6.58 Å². The Balaban J connectivity index is 0.000000597. The SMILES string of the molecule is C=CC(=O)O.CCOC(=O)C(C#N)=C(c1ccccc1)c1ccccc1. The summed E-state index contributed by atoms with van der Waals surface area (Å²) in [7, 11) is 0. The van der Waals surface area contributed by atoms with E-state index in [1.807, 2.05) is 66.7 Å². The maximum absolute atomic E-state index is 12.1. The van der Waals surface area contributed by atoms with Crippen LogP contribution >= 0.6 is 0 Å². The van der Waals surface area contributed by atoms with Crippen molar-refractivity contribution in [3.05, 3.63) is 90.0 Å². The summed E-state index contributed by atoms with van der Waals surface area (Å²) in [5.74, 6) is -1.58. The second-order valence-corrected chi connectivity index (χ2v) is 4.86. The fraction of sp³-hybridized carbons (Fsp3) is 0.0952. The van der Waals surface area contributed by atoms with Crippen molar-refractivity contribution in [2.75, 3.05) is 6.61 Å². The van der Waals surface area contributed by atoms with Crippen molar-refractivity contribution >= 4 is 17.5 Å². The van der Waals surface area contributed by atoms with Crippen LogP contribution in [0.2, 0.25) is 0 Å². The highest BCUT2D eigenvalue weighted by molar-refractivity contribution is 6.05. The number of ether oxygens (including phenoxy) is 1. The van der Waals surface area contributed by atoms with Gasteiger partial charge in [0.2, 0.25) is 0 Å². The van der Waals surface area contributed by atoms with Crippen LogP contribution in [0.1, 0.15) is 18.1 Å². The van der Waals surface area contributed by atoms with Crippen LogP contribution in [0.3, 0.4) is 0 Å². The van der Waals surface area contributed by atoms with Gasteiger partial charge in [0, 0.05) is 11.6 Å². The number of nitrogens with zero attached hydrogens (tertiary/aromatic N) is 1. The van der Waals surface area contributed by atoms with Gasteiger partial charge < -0.3 is 9.84 Å². The number of carboxylic acids is 1. The molecule has 0 aliphatic rings. The molecule has 2 aromatic rings. The van der Waals surface area contributed by atoms with Gasteiger partial charge in [-0.3, -0.25) is 0 Å². The molecule has 0 saturated heterocycles. The Kier molecular flexibility index (Phi) is 8.63. The average molecular weight is 349 g/mol. The van der Waals surface area contributed by atoms with Gasteiger partial charge in [-0.05, 0) is 18.1 Å². The Bertz CT molecular complexity index is 777. The Morgan fingerprint density at radius 3 is 1.81 bits per heavy atom. The first-order valence-corrected chi connectivity index (χ1v) is 7.82. The number of carbonyl (C=O) groups excluding carboxylic acids is 1. The number of hydrogen-bond donors (Lipinski definition) is 1. The van der Waals surface area contributed by atoms with Gasteiger partial charge in [0.25, 0.3) is 0 Å². The zero-order chi connectivity index (χ0) is 19.4. The van der Waals surface area contributed by atoms with E-state index < -0.39 is 11.9 Å². The summed E-state index contributed by atoms with van der Waals surface area (Å²) < 4.78 is 5.00. The van der Waals surface area contributed by atoms with Crippen molar-refractivity contribution in [1.82, 2.24) is 0 Å². The molecule has 5 heteroatoms. The molecule has 0 bridgehead atoms. The van der Waals surface area contributed by atoms with Crippen molar-refractivity contribution in [3.63, 3.8) is 0 Å². The molecule has 0 aromatic heterocycles. The molecular weight excluding hydrogens is 330 g/mol. The zero-order valence-electron chi connectivity index (χ0n) is 14.4. The number of rotatable bonds is 5. The number of nitriles is 1. The second kappa shape index (κ2) is 11.0. The Morgan fingerprint density at radius 1 is 1.08 bits per heavy atom. The van der Waals surface area contributed by atoms with Crippen LogP contribution in [0.5, 0.6) is 0 Å². The molecule has 132 valence electrons. The number of carbonyl (C=O) groups is 2. The number of hydrogen-bond acceptors (Lipinski definition) is 4. The van der Waals surface area contributed by atoms with Gasteiger partial charge in [0.15, 0.2) is 0 Å². The topological polar surface area (TPSA) is 87.4 Å². The summed E-state index contributed by atoms with van der Waals surface area (Å²) in [5, 5.41) is 17.0. The molecule has 0 heterocycles. The van der Waals surface area contributed by atoms with E-state index in [9.17, 15) is 14.9 Å². The van der Waals surface area contributed by atoms with E-state index in [0.717, 1.165) is 17.2 Å². The largest absolute Gasteiger partial charge is 0.478 e. The van der Waals surface area contributed by atoms with Crippen LogP contribution in [-0.4, -0.2) is 23.7 Å². The lowest BCUT2D eigenvalue weighted by Crippen LogP contribution is -2.09. The molecule has 0 radical (unpaired) electrons. The van der Waals surface area contributed by atoms with Crippen molar-refractivity contribution in [3.8, 4) is 6.07 Å². The Hall–Kier alpha value is -3.65. The van der Waals surface area contributed by atoms with Gasteiger partial charge in [0.1, 0.15) is 11.6 Å². The van der Waals surface area contributed by atoms with Gasteiger partial charge in [0.05, 0.1) is 6.61 Å². The molecule has 5 nitrogen and oxygen atoms in total. The molecule has 0 aliphatic heterocycles. The normalized spacial score (nSPS) is 8.92. The molecule has 0 unspecified atom stereocenters. The van der Waals surface area contributed by atoms with Gasteiger partial charge in [-0.15, -0.1) is 0 Å². The van der Waals surface area contributed by atoms with Crippen LogP contribution in [0, 0.1) is 11.3 Å². The lowest BCUT2D eigenvalue weighted by atomic mass is 9.93. The molecule has 26 heavy (non-hydrogen) atoms. The summed E-state index contributed by atoms with van der Waals surface area (Å²) in [4.78, 5) is 21.3. The first-order chi connectivity index (χ1) is 12.5. The summed E-state index contributed by atoms with van der Waals surface area (Å²) >= 11 is 0. The molecule has 0 spiro atoms. The number of benzene rings is 2. The number of carboxylic acid groups (broad SMARTS) is 1. The minimum absolute atomic E-state index is 0.0225. The molecule has 2 rings (SSSR count). The minimum Gasteiger partial charge on any atom is -0.478 e. The lowest BCUT2D eigenvalue weighted by Gasteiger charge is -2.11. The minimum atomic E-state index is -0.981. The standard InChI is InChI=1S/C18H15NO2.C3H4O2/c1-2-21-18(20)16(13-19)17(14-9-5-3-6-10-14)15-11-7-4-8-12-15;1-2-3(4)5/h3-12H,2H2,1H3;2H,1H2,(H,4,5). The van der Waals surface area contributed by atoms with Gasteiger partial charge in [-0.2, -0.15) is 5.26 Å². The highest BCUT2D eigenvalue weighted by Gasteiger charge is 2.19. The average Bonchev–Trinajstić information content (AvgIpc) is 2.68. The predicted octanol–water partition coefficient (Wildman–Crippen LogP) is 3.83. The van der Waals surface area contributed by atoms with Gasteiger partial charge in [-0.1, -0.05) is 67.2 Å². The quantitative estimate of drug-likeness (QED) is 0.503. The third kappa shape index (κ3) is 6.10. The van der Waals surface area contributed by atoms with E-state index in [0.29, 0.717) is 5.57 Å². The zero-order valence-corrected chi connectivity index (χ0v) is 14.4. The summed E-state index contributed by atoms with van der Waals surface area (Å²) in [6, 6.07) is 20.8. The highest BCUT2D eigenvalue weighted by atomic mass is 16.5. The maximum Gasteiger partial charge on any atom is 0.349 e. The molecule has 0 saturated carbocycles. The first-order valence-electron chi connectivity index (χ1n) is 7.82. The number of aliphatic carboxylic acids is 1. The smallest absolute Gasteiger partial charge is 0.349 e. The Labute approximate surface area is 152 Å². The molecule has 0 fully saturated rings. The van der Waals surface area contributed by atoms with Crippen molar-refractivity contribution < 1.29 is 19.4 Å². The molecule has 0 aliphatic carbocycles. The van der Waals surface area contributed by atoms with Crippen molar-refractivity contribution in [1.29, 1.82) is 5.26 Å². The highest BCUT2D eigenvalue weighted by Crippen LogP contribution is 2.27. The lowest BCUT2D eigenvalue weighted by molar-refractivity contribution is -0.138. The van der Waals surface area contributed by atoms with E-state index in [-0.39, 0.29) is 12.2 Å². The second-order valence-electron chi connectivity index (χ2n) is 4.86. The monoisotopic (exact) mass is 349 g/mol. The van der Waals surface area contributed by atoms with Crippen molar-refractivity contribution in [2.24, 2.45) is 0 Å². The van der Waals surface area contributed by atoms with E-state index in [1.165, 1.54) is 0 Å². The maximum atomic E-state index is 12.1. The Morgan fingerprint density at radius 2 is 1.50 bits per heavy atom. The summed E-state index contributed by atoms with van der Waals surface area (Å²) in [6.45, 7) is 4.92. The van der Waals surface area contributed by atoms with Crippen molar-refractivity contribution in [2.45, 2.75) is 6.92 Å². The first kappa shape index (κ1) is 20.4. The van der Waals surface area contributed by atoms with E-state index >= 15 is 0 Å².